The average molecular weight is 428 g/mol. The van der Waals surface area contributed by atoms with E-state index in [2.05, 4.69) is 18.8 Å². The van der Waals surface area contributed by atoms with E-state index in [0.717, 1.165) is 19.4 Å². The minimum atomic E-state index is -0.935. The summed E-state index contributed by atoms with van der Waals surface area (Å²) in [7, 11) is 0. The van der Waals surface area contributed by atoms with Gasteiger partial charge in [-0.15, -0.1) is 0 Å². The molecule has 0 fully saturated rings. The van der Waals surface area contributed by atoms with E-state index in [1.54, 1.807) is 0 Å². The van der Waals surface area contributed by atoms with Gasteiger partial charge in [0.1, 0.15) is 5.72 Å². The molecule has 0 heterocycles. The highest BCUT2D eigenvalue weighted by Crippen LogP contribution is 2.15. The molecule has 0 saturated heterocycles. The van der Waals surface area contributed by atoms with Gasteiger partial charge in [0.25, 0.3) is 0 Å². The van der Waals surface area contributed by atoms with Gasteiger partial charge >= 0.3 is 5.97 Å². The Labute approximate surface area is 187 Å². The quantitative estimate of drug-likeness (QED) is 0.106. The third kappa shape index (κ3) is 27.1. The summed E-state index contributed by atoms with van der Waals surface area (Å²) in [6.45, 7) is 11.7. The first-order chi connectivity index (χ1) is 14.3. The number of carbonyl (C=O) groups is 1. The molecule has 0 bridgehead atoms. The Balaban J connectivity index is 0. The number of hydrogen-bond donors (Lipinski definition) is 3. The SMILES string of the molecule is C=C(C)C(=O)O.CCCCCCCCCCCCCCCCCCC(C)(O)NCC. The second-order valence-corrected chi connectivity index (χ2v) is 8.94. The van der Waals surface area contributed by atoms with Crippen molar-refractivity contribution in [2.45, 2.75) is 143 Å². The van der Waals surface area contributed by atoms with Gasteiger partial charge in [0.2, 0.25) is 0 Å². The van der Waals surface area contributed by atoms with Crippen LogP contribution in [-0.4, -0.2) is 28.5 Å². The maximum atomic E-state index is 10.0. The van der Waals surface area contributed by atoms with Crippen molar-refractivity contribution in [1.29, 1.82) is 0 Å². The molecule has 0 rings (SSSR count). The van der Waals surface area contributed by atoms with Crippen LogP contribution < -0.4 is 5.32 Å². The molecule has 0 aliphatic rings. The van der Waals surface area contributed by atoms with Crippen LogP contribution in [0.25, 0.3) is 0 Å². The van der Waals surface area contributed by atoms with Gasteiger partial charge in [-0.2, -0.15) is 0 Å². The van der Waals surface area contributed by atoms with Gasteiger partial charge in [0.05, 0.1) is 0 Å². The van der Waals surface area contributed by atoms with Gasteiger partial charge in [-0.05, 0) is 33.2 Å². The van der Waals surface area contributed by atoms with Crippen molar-refractivity contribution in [2.75, 3.05) is 6.54 Å². The van der Waals surface area contributed by atoms with E-state index >= 15 is 0 Å². The summed E-state index contributed by atoms with van der Waals surface area (Å²) in [5.74, 6) is -0.935. The molecule has 1 unspecified atom stereocenters. The van der Waals surface area contributed by atoms with Crippen molar-refractivity contribution in [3.63, 3.8) is 0 Å². The highest BCUT2D eigenvalue weighted by molar-refractivity contribution is 5.84. The van der Waals surface area contributed by atoms with Crippen LogP contribution in [0.3, 0.4) is 0 Å². The van der Waals surface area contributed by atoms with Gasteiger partial charge in [0, 0.05) is 5.57 Å². The molecule has 0 saturated carbocycles. The monoisotopic (exact) mass is 427 g/mol. The fourth-order valence-corrected chi connectivity index (χ4v) is 3.49. The molecule has 0 aliphatic heterocycles. The molecule has 0 amide bonds. The second kappa shape index (κ2) is 22.8. The Morgan fingerprint density at radius 3 is 1.33 bits per heavy atom. The largest absolute Gasteiger partial charge is 0.478 e. The Hall–Kier alpha value is -0.870. The van der Waals surface area contributed by atoms with Crippen molar-refractivity contribution < 1.29 is 15.0 Å². The molecule has 0 aromatic heterocycles. The fourth-order valence-electron chi connectivity index (χ4n) is 3.49. The average Bonchev–Trinajstić information content (AvgIpc) is 2.68. The van der Waals surface area contributed by atoms with Gasteiger partial charge in [-0.1, -0.05) is 117 Å². The third-order valence-electron chi connectivity index (χ3n) is 5.44. The van der Waals surface area contributed by atoms with E-state index in [4.69, 9.17) is 5.11 Å². The minimum absolute atomic E-state index is 0.176. The molecule has 0 radical (unpaired) electrons. The fraction of sp³-hybridized carbons (Fsp3) is 0.885. The van der Waals surface area contributed by atoms with E-state index < -0.39 is 11.7 Å². The Morgan fingerprint density at radius 1 is 0.767 bits per heavy atom. The van der Waals surface area contributed by atoms with Gasteiger partial charge in [-0.25, -0.2) is 4.79 Å². The molecule has 0 aromatic carbocycles. The molecule has 180 valence electrons. The zero-order valence-corrected chi connectivity index (χ0v) is 20.7. The first kappa shape index (κ1) is 31.3. The summed E-state index contributed by atoms with van der Waals surface area (Å²) >= 11 is 0. The number of nitrogens with one attached hydrogen (secondary N) is 1. The van der Waals surface area contributed by atoms with Gasteiger partial charge < -0.3 is 10.2 Å². The standard InChI is InChI=1S/C22H47NO.C4H6O2/c1-4-6-7-8-9-10-11-12-13-14-15-16-17-18-19-20-21-22(3,24)23-5-2;1-3(2)4(5)6/h23-24H,4-21H2,1-3H3;1H2,2H3,(H,5,6). The molecular weight excluding hydrogens is 374 g/mol. The van der Waals surface area contributed by atoms with Gasteiger partial charge in [-0.3, -0.25) is 5.32 Å². The predicted octanol–water partition coefficient (Wildman–Crippen LogP) is 7.60. The van der Waals surface area contributed by atoms with E-state index in [1.165, 1.54) is 103 Å². The predicted molar refractivity (Wildman–Crippen MR) is 131 cm³/mol. The molecule has 0 spiro atoms. The lowest BCUT2D eigenvalue weighted by Crippen LogP contribution is -2.41. The van der Waals surface area contributed by atoms with E-state index in [1.807, 2.05) is 13.8 Å². The lowest BCUT2D eigenvalue weighted by molar-refractivity contribution is -0.132. The molecule has 0 aromatic rings. The van der Waals surface area contributed by atoms with Crippen LogP contribution in [0.2, 0.25) is 0 Å². The van der Waals surface area contributed by atoms with Crippen LogP contribution in [-0.2, 0) is 4.79 Å². The maximum absolute atomic E-state index is 10.0. The van der Waals surface area contributed by atoms with Crippen LogP contribution in [0, 0.1) is 0 Å². The summed E-state index contributed by atoms with van der Waals surface area (Å²) < 4.78 is 0. The molecule has 3 N–H and O–H groups in total. The molecule has 4 nitrogen and oxygen atoms in total. The summed E-state index contributed by atoms with van der Waals surface area (Å²) in [6, 6.07) is 0. The lowest BCUT2D eigenvalue weighted by Gasteiger charge is -2.23. The zero-order chi connectivity index (χ0) is 23.1. The first-order valence-corrected chi connectivity index (χ1v) is 12.6. The van der Waals surface area contributed by atoms with Crippen molar-refractivity contribution in [1.82, 2.24) is 5.32 Å². The first-order valence-electron chi connectivity index (χ1n) is 12.6. The van der Waals surface area contributed by atoms with Crippen molar-refractivity contribution in [2.24, 2.45) is 0 Å². The van der Waals surface area contributed by atoms with Crippen LogP contribution in [0.15, 0.2) is 12.2 Å². The number of carboxylic acid groups (broad SMARTS) is 1. The molecule has 1 atom stereocenters. The number of aliphatic hydroxyl groups is 1. The maximum Gasteiger partial charge on any atom is 0.330 e. The highest BCUT2D eigenvalue weighted by atomic mass is 16.4. The minimum Gasteiger partial charge on any atom is -0.478 e. The van der Waals surface area contributed by atoms with Crippen LogP contribution in [0.4, 0.5) is 0 Å². The van der Waals surface area contributed by atoms with Gasteiger partial charge in [0.15, 0.2) is 0 Å². The van der Waals surface area contributed by atoms with Crippen molar-refractivity contribution in [3.8, 4) is 0 Å². The van der Waals surface area contributed by atoms with Crippen LogP contribution in [0.1, 0.15) is 137 Å². The highest BCUT2D eigenvalue weighted by Gasteiger charge is 2.16. The normalized spacial score (nSPS) is 12.7. The van der Waals surface area contributed by atoms with E-state index in [-0.39, 0.29) is 5.57 Å². The van der Waals surface area contributed by atoms with Crippen molar-refractivity contribution in [3.05, 3.63) is 12.2 Å². The topological polar surface area (TPSA) is 69.6 Å². The number of unbranched alkanes of at least 4 members (excludes halogenated alkanes) is 15. The van der Waals surface area contributed by atoms with Crippen molar-refractivity contribution >= 4 is 5.97 Å². The number of hydrogen-bond acceptors (Lipinski definition) is 3. The Morgan fingerprint density at radius 2 is 1.07 bits per heavy atom. The lowest BCUT2D eigenvalue weighted by atomic mass is 10.0. The Bertz CT molecular complexity index is 382. The number of aliphatic carboxylic acids is 1. The summed E-state index contributed by atoms with van der Waals surface area (Å²) in [4.78, 5) is 9.60. The number of rotatable bonds is 20. The Kier molecular flexibility index (Phi) is 23.8. The number of carboxylic acids is 1. The summed E-state index contributed by atoms with van der Waals surface area (Å²) in [5.41, 5.74) is -0.486. The second-order valence-electron chi connectivity index (χ2n) is 8.94. The third-order valence-corrected chi connectivity index (χ3v) is 5.44. The molecule has 30 heavy (non-hydrogen) atoms. The molecular formula is C26H53NO3. The summed E-state index contributed by atoms with van der Waals surface area (Å²) in [5, 5.41) is 21.0. The zero-order valence-electron chi connectivity index (χ0n) is 20.7. The molecule has 4 heteroatoms. The molecule has 0 aliphatic carbocycles. The smallest absolute Gasteiger partial charge is 0.330 e. The van der Waals surface area contributed by atoms with Crippen LogP contribution >= 0.6 is 0 Å². The van der Waals surface area contributed by atoms with Crippen LogP contribution in [0.5, 0.6) is 0 Å². The van der Waals surface area contributed by atoms with E-state index in [9.17, 15) is 9.90 Å². The summed E-state index contributed by atoms with van der Waals surface area (Å²) in [6.07, 6.45) is 23.2. The van der Waals surface area contributed by atoms with E-state index in [0.29, 0.717) is 0 Å².